The highest BCUT2D eigenvalue weighted by atomic mass is 16.5. The first-order chi connectivity index (χ1) is 7.70. The lowest BCUT2D eigenvalue weighted by atomic mass is 9.97. The average Bonchev–Trinajstić information content (AvgIpc) is 2.78. The molecule has 0 spiro atoms. The highest BCUT2D eigenvalue weighted by Crippen LogP contribution is 2.24. The Morgan fingerprint density at radius 2 is 2.50 bits per heavy atom. The predicted molar refractivity (Wildman–Crippen MR) is 55.3 cm³/mol. The molecule has 1 aromatic rings. The zero-order valence-corrected chi connectivity index (χ0v) is 9.22. The molecule has 6 nitrogen and oxygen atoms in total. The molecular weight excluding hydrogens is 210 g/mol. The van der Waals surface area contributed by atoms with Crippen LogP contribution in [0.15, 0.2) is 4.52 Å². The van der Waals surface area contributed by atoms with Crippen LogP contribution in [-0.2, 0) is 0 Å². The third kappa shape index (κ3) is 2.21. The summed E-state index contributed by atoms with van der Waals surface area (Å²) in [7, 11) is 0. The molecule has 6 heteroatoms. The Morgan fingerprint density at radius 3 is 3.12 bits per heavy atom. The minimum Gasteiger partial charge on any atom is -0.474 e. The molecule has 0 radical (unpaired) electrons. The maximum atomic E-state index is 10.6. The summed E-state index contributed by atoms with van der Waals surface area (Å²) in [6.45, 7) is 5.09. The highest BCUT2D eigenvalue weighted by Gasteiger charge is 2.25. The standard InChI is InChI=1S/C10H15N3O3/c1-2-13-5-3-4-7(6-13)8-11-9(10(14)15)16-12-8/h7H,2-6H2,1H3,(H,14,15). The van der Waals surface area contributed by atoms with Crippen LogP contribution in [0.1, 0.15) is 42.2 Å². The lowest BCUT2D eigenvalue weighted by molar-refractivity contribution is 0.0643. The molecule has 1 unspecified atom stereocenters. The van der Waals surface area contributed by atoms with Crippen LogP contribution in [0.25, 0.3) is 0 Å². The third-order valence-corrected chi connectivity index (χ3v) is 2.94. The van der Waals surface area contributed by atoms with Crippen molar-refractivity contribution < 1.29 is 14.4 Å². The molecule has 0 saturated carbocycles. The number of hydrogen-bond acceptors (Lipinski definition) is 5. The molecule has 0 aliphatic carbocycles. The third-order valence-electron chi connectivity index (χ3n) is 2.94. The van der Waals surface area contributed by atoms with E-state index in [0.717, 1.165) is 32.5 Å². The van der Waals surface area contributed by atoms with E-state index in [2.05, 4.69) is 26.5 Å². The van der Waals surface area contributed by atoms with Gasteiger partial charge in [0, 0.05) is 12.5 Å². The topological polar surface area (TPSA) is 79.5 Å². The molecule has 1 aliphatic rings. The van der Waals surface area contributed by atoms with Gasteiger partial charge in [0.25, 0.3) is 0 Å². The largest absolute Gasteiger partial charge is 0.474 e. The smallest absolute Gasteiger partial charge is 0.394 e. The summed E-state index contributed by atoms with van der Waals surface area (Å²) in [4.78, 5) is 16.8. The lowest BCUT2D eigenvalue weighted by Gasteiger charge is -2.29. The SMILES string of the molecule is CCN1CCCC(c2noc(C(=O)O)n2)C1. The van der Waals surface area contributed by atoms with Crippen molar-refractivity contribution in [3.8, 4) is 0 Å². The van der Waals surface area contributed by atoms with Crippen molar-refractivity contribution in [2.75, 3.05) is 19.6 Å². The van der Waals surface area contributed by atoms with Gasteiger partial charge in [0.05, 0.1) is 0 Å². The zero-order chi connectivity index (χ0) is 11.5. The zero-order valence-electron chi connectivity index (χ0n) is 9.22. The van der Waals surface area contributed by atoms with E-state index in [-0.39, 0.29) is 11.8 Å². The van der Waals surface area contributed by atoms with Crippen LogP contribution in [0.2, 0.25) is 0 Å². The van der Waals surface area contributed by atoms with Gasteiger partial charge in [-0.1, -0.05) is 12.1 Å². The van der Waals surface area contributed by atoms with Crippen molar-refractivity contribution in [1.29, 1.82) is 0 Å². The monoisotopic (exact) mass is 225 g/mol. The number of aromatic carboxylic acids is 1. The second-order valence-electron chi connectivity index (χ2n) is 4.00. The van der Waals surface area contributed by atoms with Gasteiger partial charge in [-0.05, 0) is 25.9 Å². The van der Waals surface area contributed by atoms with E-state index in [1.165, 1.54) is 0 Å². The highest BCUT2D eigenvalue weighted by molar-refractivity contribution is 5.81. The predicted octanol–water partition coefficient (Wildman–Crippen LogP) is 0.967. The van der Waals surface area contributed by atoms with Crippen molar-refractivity contribution in [3.63, 3.8) is 0 Å². The Balaban J connectivity index is 2.08. The number of carboxylic acids is 1. The molecule has 16 heavy (non-hydrogen) atoms. The lowest BCUT2D eigenvalue weighted by Crippen LogP contribution is -2.34. The summed E-state index contributed by atoms with van der Waals surface area (Å²) in [5, 5.41) is 12.4. The van der Waals surface area contributed by atoms with Gasteiger partial charge in [-0.2, -0.15) is 4.98 Å². The fourth-order valence-corrected chi connectivity index (χ4v) is 2.04. The summed E-state index contributed by atoms with van der Waals surface area (Å²) in [6.07, 6.45) is 2.09. The number of rotatable bonds is 3. The van der Waals surface area contributed by atoms with Gasteiger partial charge in [0.1, 0.15) is 0 Å². The summed E-state index contributed by atoms with van der Waals surface area (Å²) in [5.41, 5.74) is 0. The quantitative estimate of drug-likeness (QED) is 0.825. The second kappa shape index (κ2) is 4.61. The normalized spacial score (nSPS) is 22.2. The number of piperidine rings is 1. The van der Waals surface area contributed by atoms with E-state index < -0.39 is 5.97 Å². The summed E-state index contributed by atoms with van der Waals surface area (Å²) in [5.74, 6) is -0.758. The Kier molecular flexibility index (Phi) is 3.19. The molecule has 2 heterocycles. The van der Waals surface area contributed by atoms with Crippen LogP contribution in [0, 0.1) is 0 Å². The molecule has 0 aromatic carbocycles. The Morgan fingerprint density at radius 1 is 1.69 bits per heavy atom. The molecule has 1 fully saturated rings. The molecule has 1 aromatic heterocycles. The fourth-order valence-electron chi connectivity index (χ4n) is 2.04. The van der Waals surface area contributed by atoms with Crippen LogP contribution >= 0.6 is 0 Å². The van der Waals surface area contributed by atoms with Gasteiger partial charge in [0.2, 0.25) is 0 Å². The molecule has 1 saturated heterocycles. The van der Waals surface area contributed by atoms with Gasteiger partial charge in [-0.3, -0.25) is 0 Å². The maximum Gasteiger partial charge on any atom is 0.394 e. The number of aromatic nitrogens is 2. The van der Waals surface area contributed by atoms with Gasteiger partial charge in [0.15, 0.2) is 5.82 Å². The minimum atomic E-state index is -1.16. The van der Waals surface area contributed by atoms with Crippen LogP contribution in [0.5, 0.6) is 0 Å². The van der Waals surface area contributed by atoms with E-state index >= 15 is 0 Å². The second-order valence-corrected chi connectivity index (χ2v) is 4.00. The number of carbonyl (C=O) groups is 1. The number of likely N-dealkylation sites (tertiary alicyclic amines) is 1. The Labute approximate surface area is 93.2 Å². The Bertz CT molecular complexity index is 377. The van der Waals surface area contributed by atoms with Crippen molar-refractivity contribution >= 4 is 5.97 Å². The van der Waals surface area contributed by atoms with Crippen molar-refractivity contribution in [2.24, 2.45) is 0 Å². The molecule has 1 aliphatic heterocycles. The molecule has 88 valence electrons. The number of likely N-dealkylation sites (N-methyl/N-ethyl adjacent to an activating group) is 1. The summed E-state index contributed by atoms with van der Waals surface area (Å²) < 4.78 is 4.67. The summed E-state index contributed by atoms with van der Waals surface area (Å²) >= 11 is 0. The molecule has 0 bridgehead atoms. The van der Waals surface area contributed by atoms with E-state index in [1.807, 2.05) is 0 Å². The first-order valence-corrected chi connectivity index (χ1v) is 5.50. The van der Waals surface area contributed by atoms with E-state index in [0.29, 0.717) is 5.82 Å². The number of carboxylic acid groups (broad SMARTS) is 1. The van der Waals surface area contributed by atoms with Crippen molar-refractivity contribution in [1.82, 2.24) is 15.0 Å². The maximum absolute atomic E-state index is 10.6. The molecular formula is C10H15N3O3. The van der Waals surface area contributed by atoms with Gasteiger partial charge >= 0.3 is 11.9 Å². The first-order valence-electron chi connectivity index (χ1n) is 5.50. The van der Waals surface area contributed by atoms with E-state index in [4.69, 9.17) is 5.11 Å². The van der Waals surface area contributed by atoms with Crippen LogP contribution in [0.4, 0.5) is 0 Å². The molecule has 1 N–H and O–H groups in total. The minimum absolute atomic E-state index is 0.200. The number of nitrogens with zero attached hydrogens (tertiary/aromatic N) is 3. The number of hydrogen-bond donors (Lipinski definition) is 1. The van der Waals surface area contributed by atoms with Gasteiger partial charge in [-0.15, -0.1) is 0 Å². The van der Waals surface area contributed by atoms with Gasteiger partial charge < -0.3 is 14.5 Å². The average molecular weight is 225 g/mol. The molecule has 1 atom stereocenters. The molecule has 0 amide bonds. The van der Waals surface area contributed by atoms with Gasteiger partial charge in [-0.25, -0.2) is 4.79 Å². The van der Waals surface area contributed by atoms with E-state index in [9.17, 15) is 4.79 Å². The van der Waals surface area contributed by atoms with Crippen LogP contribution in [0.3, 0.4) is 0 Å². The molecule has 2 rings (SSSR count). The summed E-state index contributed by atoms with van der Waals surface area (Å²) in [6, 6.07) is 0. The van der Waals surface area contributed by atoms with E-state index in [1.54, 1.807) is 0 Å². The van der Waals surface area contributed by atoms with Crippen molar-refractivity contribution in [3.05, 3.63) is 11.7 Å². The van der Waals surface area contributed by atoms with Crippen LogP contribution in [-0.4, -0.2) is 45.8 Å². The first kappa shape index (κ1) is 11.1. The fraction of sp³-hybridized carbons (Fsp3) is 0.700. The van der Waals surface area contributed by atoms with Crippen molar-refractivity contribution in [2.45, 2.75) is 25.7 Å². The Hall–Kier alpha value is -1.43. The van der Waals surface area contributed by atoms with Crippen LogP contribution < -0.4 is 0 Å².